The quantitative estimate of drug-likeness (QED) is 0.171. The highest BCUT2D eigenvalue weighted by atomic mass is 32.1. The van der Waals surface area contributed by atoms with Crippen molar-refractivity contribution >= 4 is 86.5 Å². The number of thiazole rings is 3. The third-order valence-electron chi connectivity index (χ3n) is 10.1. The van der Waals surface area contributed by atoms with Gasteiger partial charge in [-0.3, -0.25) is 0 Å². The lowest BCUT2D eigenvalue weighted by Crippen LogP contribution is -1.94. The van der Waals surface area contributed by atoms with Crippen LogP contribution in [0.15, 0.2) is 121 Å². The molecule has 0 unspecified atom stereocenters. The van der Waals surface area contributed by atoms with E-state index < -0.39 is 0 Å². The summed E-state index contributed by atoms with van der Waals surface area (Å²) in [5.41, 5.74) is 12.7. The van der Waals surface area contributed by atoms with Gasteiger partial charge in [0.2, 0.25) is 0 Å². The monoisotopic (exact) mass is 726 g/mol. The van der Waals surface area contributed by atoms with Crippen molar-refractivity contribution in [1.82, 2.24) is 19.5 Å². The van der Waals surface area contributed by atoms with Crippen LogP contribution in [0.5, 0.6) is 0 Å². The summed E-state index contributed by atoms with van der Waals surface area (Å²) in [5, 5.41) is 5.53. The summed E-state index contributed by atoms with van der Waals surface area (Å²) >= 11 is 5.27. The zero-order valence-corrected chi connectivity index (χ0v) is 31.7. The molecule has 0 fully saturated rings. The van der Waals surface area contributed by atoms with Crippen molar-refractivity contribution in [3.8, 4) is 37.4 Å². The Morgan fingerprint density at radius 3 is 1.62 bits per heavy atom. The van der Waals surface area contributed by atoms with Gasteiger partial charge in [-0.05, 0) is 120 Å². The summed E-state index contributed by atoms with van der Waals surface area (Å²) < 4.78 is 6.04. The molecule has 0 spiro atoms. The molecule has 10 rings (SSSR count). The zero-order chi connectivity index (χ0) is 35.1. The van der Waals surface area contributed by atoms with Crippen LogP contribution in [-0.2, 0) is 0 Å². The molecule has 0 saturated carbocycles. The normalized spacial score (nSPS) is 12.2. The Morgan fingerprint density at radius 2 is 0.962 bits per heavy atom. The lowest BCUT2D eigenvalue weighted by atomic mass is 10.0. The lowest BCUT2D eigenvalue weighted by molar-refractivity contribution is 0.868. The van der Waals surface area contributed by atoms with Crippen LogP contribution in [-0.4, -0.2) is 19.5 Å². The molecular formula is C45H34N4S3. The van der Waals surface area contributed by atoms with Crippen molar-refractivity contribution in [2.45, 2.75) is 39.5 Å². The standard InChI is InChI=1S/C45H34N4S3/c1-25(2)28-14-20-41-37(23-28)48-45(51-41)31-13-19-39-34(22-31)33-21-30(44-47-36-17-11-29(26(3)4)24-42(36)52-44)12-18-38(33)49(39)32-15-9-27(10-16-32)43-46-35-7-5-6-8-40(35)50-43/h5-26H,1-4H3. The van der Waals surface area contributed by atoms with Gasteiger partial charge >= 0.3 is 0 Å². The van der Waals surface area contributed by atoms with E-state index in [2.05, 4.69) is 148 Å². The molecule has 0 radical (unpaired) electrons. The molecule has 0 aliphatic carbocycles. The molecule has 252 valence electrons. The molecule has 0 aliphatic heterocycles. The first-order valence-electron chi connectivity index (χ1n) is 17.7. The van der Waals surface area contributed by atoms with E-state index in [9.17, 15) is 0 Å². The summed E-state index contributed by atoms with van der Waals surface area (Å²) in [7, 11) is 0. The fourth-order valence-corrected chi connectivity index (χ4v) is 10.1. The number of nitrogens with zero attached hydrogens (tertiary/aromatic N) is 4. The van der Waals surface area contributed by atoms with Crippen molar-refractivity contribution in [3.63, 3.8) is 0 Å². The Labute approximate surface area is 313 Å². The van der Waals surface area contributed by atoms with Crippen LogP contribution in [0.4, 0.5) is 0 Å². The lowest BCUT2D eigenvalue weighted by Gasteiger charge is -2.09. The van der Waals surface area contributed by atoms with Crippen LogP contribution < -0.4 is 0 Å². The Morgan fingerprint density at radius 1 is 0.442 bits per heavy atom. The van der Waals surface area contributed by atoms with E-state index in [1.165, 1.54) is 36.0 Å². The summed E-state index contributed by atoms with van der Waals surface area (Å²) in [5.74, 6) is 0.948. The van der Waals surface area contributed by atoms with Crippen LogP contribution in [0.2, 0.25) is 0 Å². The van der Waals surface area contributed by atoms with E-state index in [1.807, 2.05) is 6.07 Å². The Kier molecular flexibility index (Phi) is 7.39. The largest absolute Gasteiger partial charge is 0.309 e. The Hall–Kier alpha value is -5.21. The first-order chi connectivity index (χ1) is 25.4. The summed E-state index contributed by atoms with van der Waals surface area (Å²) in [6.07, 6.45) is 0. The highest BCUT2D eigenvalue weighted by Crippen LogP contribution is 2.41. The van der Waals surface area contributed by atoms with E-state index in [4.69, 9.17) is 15.0 Å². The van der Waals surface area contributed by atoms with Crippen molar-refractivity contribution in [2.75, 3.05) is 0 Å². The molecule has 0 saturated heterocycles. The average molecular weight is 727 g/mol. The third kappa shape index (κ3) is 5.26. The van der Waals surface area contributed by atoms with Crippen LogP contribution >= 0.6 is 34.0 Å². The third-order valence-corrected chi connectivity index (χ3v) is 13.3. The zero-order valence-electron chi connectivity index (χ0n) is 29.2. The van der Waals surface area contributed by atoms with Gasteiger partial charge in [-0.15, -0.1) is 34.0 Å². The maximum Gasteiger partial charge on any atom is 0.124 e. The van der Waals surface area contributed by atoms with Gasteiger partial charge in [0.05, 0.1) is 41.7 Å². The molecule has 0 aliphatic rings. The average Bonchev–Trinajstić information content (AvgIpc) is 3.96. The fraction of sp³-hybridized carbons (Fsp3) is 0.133. The Bertz CT molecular complexity index is 2800. The minimum absolute atomic E-state index is 0.467. The van der Waals surface area contributed by atoms with Gasteiger partial charge < -0.3 is 4.57 Å². The second-order valence-electron chi connectivity index (χ2n) is 14.1. The van der Waals surface area contributed by atoms with Gasteiger partial charge in [-0.1, -0.05) is 52.0 Å². The summed E-state index contributed by atoms with van der Waals surface area (Å²) in [4.78, 5) is 15.1. The molecule has 0 bridgehead atoms. The molecule has 4 heterocycles. The number of hydrogen-bond donors (Lipinski definition) is 0. The van der Waals surface area contributed by atoms with E-state index in [0.29, 0.717) is 11.8 Å². The van der Waals surface area contributed by atoms with Gasteiger partial charge in [-0.25, -0.2) is 15.0 Å². The van der Waals surface area contributed by atoms with Gasteiger partial charge in [0.15, 0.2) is 0 Å². The number of benzene rings is 6. The molecule has 10 aromatic rings. The SMILES string of the molecule is CC(C)c1ccc2sc(-c3ccc4c(c3)c3cc(-c5nc6ccc(C(C)C)cc6s5)ccc3n4-c3ccc(-c4nc5ccccc5s4)cc3)nc2c1. The van der Waals surface area contributed by atoms with Crippen LogP contribution in [0.25, 0.3) is 89.9 Å². The van der Waals surface area contributed by atoms with Crippen LogP contribution in [0, 0.1) is 0 Å². The van der Waals surface area contributed by atoms with Crippen molar-refractivity contribution in [1.29, 1.82) is 0 Å². The molecule has 7 heteroatoms. The van der Waals surface area contributed by atoms with Crippen molar-refractivity contribution in [2.24, 2.45) is 0 Å². The van der Waals surface area contributed by atoms with Crippen LogP contribution in [0.3, 0.4) is 0 Å². The second kappa shape index (κ2) is 12.2. The predicted octanol–water partition coefficient (Wildman–Crippen LogP) is 13.9. The van der Waals surface area contributed by atoms with Gasteiger partial charge in [-0.2, -0.15) is 0 Å². The van der Waals surface area contributed by atoms with Crippen molar-refractivity contribution in [3.05, 3.63) is 132 Å². The van der Waals surface area contributed by atoms with Crippen LogP contribution in [0.1, 0.15) is 50.7 Å². The number of para-hydroxylation sites is 1. The van der Waals surface area contributed by atoms with Gasteiger partial charge in [0, 0.05) is 33.2 Å². The maximum atomic E-state index is 5.14. The van der Waals surface area contributed by atoms with E-state index in [1.54, 1.807) is 34.0 Å². The van der Waals surface area contributed by atoms with E-state index in [-0.39, 0.29) is 0 Å². The van der Waals surface area contributed by atoms with Crippen molar-refractivity contribution < 1.29 is 0 Å². The smallest absolute Gasteiger partial charge is 0.124 e. The summed E-state index contributed by atoms with van der Waals surface area (Å²) in [6, 6.07) is 44.3. The number of fused-ring (bicyclic) bond motifs is 6. The molecule has 52 heavy (non-hydrogen) atoms. The fourth-order valence-electron chi connectivity index (χ4n) is 7.17. The topological polar surface area (TPSA) is 43.6 Å². The highest BCUT2D eigenvalue weighted by Gasteiger charge is 2.18. The summed E-state index contributed by atoms with van der Waals surface area (Å²) in [6.45, 7) is 8.95. The molecular weight excluding hydrogens is 693 g/mol. The molecule has 0 N–H and O–H groups in total. The minimum atomic E-state index is 0.467. The molecule has 6 aromatic carbocycles. The molecule has 4 aromatic heterocycles. The predicted molar refractivity (Wildman–Crippen MR) is 225 cm³/mol. The maximum absolute atomic E-state index is 5.14. The van der Waals surface area contributed by atoms with Gasteiger partial charge in [0.25, 0.3) is 0 Å². The van der Waals surface area contributed by atoms with Gasteiger partial charge in [0.1, 0.15) is 15.0 Å². The number of hydrogen-bond acceptors (Lipinski definition) is 6. The second-order valence-corrected chi connectivity index (χ2v) is 17.2. The van der Waals surface area contributed by atoms with E-state index >= 15 is 0 Å². The molecule has 4 nitrogen and oxygen atoms in total. The van der Waals surface area contributed by atoms with E-state index in [0.717, 1.165) is 65.0 Å². The number of rotatable bonds is 6. The minimum Gasteiger partial charge on any atom is -0.309 e. The number of aromatic nitrogens is 4. The highest BCUT2D eigenvalue weighted by molar-refractivity contribution is 7.22. The molecule has 0 amide bonds. The Balaban J connectivity index is 1.13. The first kappa shape index (κ1) is 31.5. The first-order valence-corrected chi connectivity index (χ1v) is 20.2. The molecule has 0 atom stereocenters.